The quantitative estimate of drug-likeness (QED) is 0.331. The number of hydrogen-bond donors (Lipinski definition) is 1. The van der Waals surface area contributed by atoms with Gasteiger partial charge in [-0.05, 0) is 42.5 Å². The molecule has 0 spiro atoms. The number of aliphatic imine (C=N–C) groups is 1. The molecule has 6 nitrogen and oxygen atoms in total. The second-order valence-electron chi connectivity index (χ2n) is 8.22. The van der Waals surface area contributed by atoms with Crippen LogP contribution in [0.15, 0.2) is 53.7 Å². The molecular weight excluding hydrogens is 501 g/mol. The molecular formula is C24H34IN5O. The van der Waals surface area contributed by atoms with Crippen LogP contribution >= 0.6 is 24.0 Å². The van der Waals surface area contributed by atoms with Crippen LogP contribution in [0.3, 0.4) is 0 Å². The Balaban J connectivity index is 0.00000272. The molecule has 2 saturated heterocycles. The predicted molar refractivity (Wildman–Crippen MR) is 137 cm³/mol. The first-order valence-electron chi connectivity index (χ1n) is 11.1. The lowest BCUT2D eigenvalue weighted by Gasteiger charge is -2.22. The fourth-order valence-electron chi connectivity index (χ4n) is 4.28. The lowest BCUT2D eigenvalue weighted by molar-refractivity contribution is 0.0906. The van der Waals surface area contributed by atoms with E-state index in [1.807, 2.05) is 19.3 Å². The summed E-state index contributed by atoms with van der Waals surface area (Å²) in [5, 5.41) is 3.54. The van der Waals surface area contributed by atoms with Gasteiger partial charge >= 0.3 is 0 Å². The van der Waals surface area contributed by atoms with Gasteiger partial charge in [0.1, 0.15) is 5.82 Å². The summed E-state index contributed by atoms with van der Waals surface area (Å²) in [5.41, 5.74) is 2.48. The van der Waals surface area contributed by atoms with E-state index in [1.165, 1.54) is 24.0 Å². The second kappa shape index (κ2) is 12.2. The minimum Gasteiger partial charge on any atom is -0.376 e. The number of aromatic nitrogens is 1. The highest BCUT2D eigenvalue weighted by atomic mass is 127. The van der Waals surface area contributed by atoms with E-state index in [0.29, 0.717) is 12.5 Å². The summed E-state index contributed by atoms with van der Waals surface area (Å²) in [7, 11) is 1.86. The molecule has 3 heterocycles. The summed E-state index contributed by atoms with van der Waals surface area (Å²) in [4.78, 5) is 13.8. The highest BCUT2D eigenvalue weighted by molar-refractivity contribution is 14.0. The van der Waals surface area contributed by atoms with Crippen LogP contribution in [0, 0.1) is 5.92 Å². The maximum Gasteiger partial charge on any atom is 0.193 e. The molecule has 0 bridgehead atoms. The topological polar surface area (TPSA) is 53.0 Å². The fraction of sp³-hybridized carbons (Fsp3) is 0.500. The minimum absolute atomic E-state index is 0. The number of likely N-dealkylation sites (tertiary alicyclic amines) is 1. The number of nitrogens with one attached hydrogen (secondary N) is 1. The summed E-state index contributed by atoms with van der Waals surface area (Å²) in [5.74, 6) is 2.62. The van der Waals surface area contributed by atoms with Gasteiger partial charge in [-0.1, -0.05) is 30.3 Å². The number of ether oxygens (including phenoxy) is 1. The van der Waals surface area contributed by atoms with Crippen molar-refractivity contribution in [2.45, 2.75) is 32.4 Å². The van der Waals surface area contributed by atoms with E-state index in [1.54, 1.807) is 0 Å². The zero-order valence-corrected chi connectivity index (χ0v) is 20.7. The average molecular weight is 535 g/mol. The molecule has 7 heteroatoms. The molecule has 1 aromatic heterocycles. The van der Waals surface area contributed by atoms with Crippen molar-refractivity contribution < 1.29 is 4.74 Å². The molecule has 31 heavy (non-hydrogen) atoms. The third kappa shape index (κ3) is 6.80. The van der Waals surface area contributed by atoms with E-state index >= 15 is 0 Å². The number of halogens is 1. The van der Waals surface area contributed by atoms with E-state index < -0.39 is 0 Å². The van der Waals surface area contributed by atoms with Gasteiger partial charge in [0.05, 0.1) is 13.2 Å². The van der Waals surface area contributed by atoms with Crippen molar-refractivity contribution in [2.24, 2.45) is 10.9 Å². The Hall–Kier alpha value is -1.87. The van der Waals surface area contributed by atoms with Crippen LogP contribution in [-0.2, 0) is 17.9 Å². The second-order valence-corrected chi connectivity index (χ2v) is 8.22. The summed E-state index contributed by atoms with van der Waals surface area (Å²) < 4.78 is 5.96. The molecule has 0 amide bonds. The van der Waals surface area contributed by atoms with E-state index in [0.717, 1.165) is 57.5 Å². The van der Waals surface area contributed by atoms with Gasteiger partial charge in [0.2, 0.25) is 0 Å². The minimum atomic E-state index is 0. The summed E-state index contributed by atoms with van der Waals surface area (Å²) >= 11 is 0. The molecule has 4 rings (SSSR count). The highest BCUT2D eigenvalue weighted by Crippen LogP contribution is 2.19. The number of guanidine groups is 1. The summed E-state index contributed by atoms with van der Waals surface area (Å²) in [6.07, 6.45) is 5.59. The van der Waals surface area contributed by atoms with Crippen molar-refractivity contribution in [1.29, 1.82) is 0 Å². The molecule has 1 N–H and O–H groups in total. The number of pyridine rings is 1. The van der Waals surface area contributed by atoms with Crippen LogP contribution in [0.25, 0.3) is 0 Å². The Labute approximate surface area is 203 Å². The van der Waals surface area contributed by atoms with Gasteiger partial charge in [0, 0.05) is 51.9 Å². The van der Waals surface area contributed by atoms with E-state index in [2.05, 4.69) is 61.5 Å². The number of hydrogen-bond acceptors (Lipinski definition) is 4. The van der Waals surface area contributed by atoms with Crippen molar-refractivity contribution in [2.75, 3.05) is 44.7 Å². The number of rotatable bonds is 7. The normalized spacial score (nSPS) is 18.9. The maximum atomic E-state index is 5.96. The van der Waals surface area contributed by atoms with Crippen LogP contribution in [0.1, 0.15) is 30.4 Å². The van der Waals surface area contributed by atoms with Gasteiger partial charge in [0.15, 0.2) is 5.96 Å². The van der Waals surface area contributed by atoms with Gasteiger partial charge in [-0.15, -0.1) is 24.0 Å². The predicted octanol–water partition coefficient (Wildman–Crippen LogP) is 3.91. The Kier molecular flexibility index (Phi) is 9.39. The zero-order valence-electron chi connectivity index (χ0n) is 18.4. The monoisotopic (exact) mass is 535 g/mol. The SMILES string of the molecule is CN=C(NCc1ccnc(N2CCCC2)c1)N1CCC(COCc2ccccc2)C1.I. The molecule has 2 fully saturated rings. The first kappa shape index (κ1) is 23.8. The lowest BCUT2D eigenvalue weighted by Crippen LogP contribution is -2.39. The lowest BCUT2D eigenvalue weighted by atomic mass is 10.1. The molecule has 1 atom stereocenters. The summed E-state index contributed by atoms with van der Waals surface area (Å²) in [6, 6.07) is 14.7. The van der Waals surface area contributed by atoms with Gasteiger partial charge in [-0.2, -0.15) is 0 Å². The zero-order chi connectivity index (χ0) is 20.6. The smallest absolute Gasteiger partial charge is 0.193 e. The highest BCUT2D eigenvalue weighted by Gasteiger charge is 2.25. The van der Waals surface area contributed by atoms with Gasteiger partial charge in [0.25, 0.3) is 0 Å². The van der Waals surface area contributed by atoms with Gasteiger partial charge in [-0.25, -0.2) is 4.98 Å². The first-order valence-corrected chi connectivity index (χ1v) is 11.1. The Bertz CT molecular complexity index is 826. The average Bonchev–Trinajstić information content (AvgIpc) is 3.48. The van der Waals surface area contributed by atoms with Crippen LogP contribution in [0.4, 0.5) is 5.82 Å². The summed E-state index contributed by atoms with van der Waals surface area (Å²) in [6.45, 7) is 6.50. The van der Waals surface area contributed by atoms with Gasteiger partial charge in [-0.3, -0.25) is 4.99 Å². The number of benzene rings is 1. The maximum absolute atomic E-state index is 5.96. The van der Waals surface area contributed by atoms with E-state index in [4.69, 9.17) is 4.74 Å². The van der Waals surface area contributed by atoms with Gasteiger partial charge < -0.3 is 19.9 Å². The van der Waals surface area contributed by atoms with Crippen molar-refractivity contribution in [3.05, 3.63) is 59.8 Å². The molecule has 1 aromatic carbocycles. The first-order chi connectivity index (χ1) is 14.8. The van der Waals surface area contributed by atoms with Crippen molar-refractivity contribution in [3.63, 3.8) is 0 Å². The molecule has 2 aliphatic heterocycles. The third-order valence-corrected chi connectivity index (χ3v) is 5.95. The van der Waals surface area contributed by atoms with E-state index in [9.17, 15) is 0 Å². The van der Waals surface area contributed by atoms with Crippen LogP contribution in [0.2, 0.25) is 0 Å². The van der Waals surface area contributed by atoms with Crippen molar-refractivity contribution >= 4 is 35.8 Å². The van der Waals surface area contributed by atoms with Crippen molar-refractivity contribution in [3.8, 4) is 0 Å². The third-order valence-electron chi connectivity index (χ3n) is 5.95. The Morgan fingerprint density at radius 2 is 1.94 bits per heavy atom. The van der Waals surface area contributed by atoms with Crippen LogP contribution in [-0.4, -0.2) is 55.7 Å². The molecule has 0 aliphatic carbocycles. The molecule has 2 aliphatic rings. The molecule has 1 unspecified atom stereocenters. The molecule has 168 valence electrons. The number of anilines is 1. The largest absolute Gasteiger partial charge is 0.376 e. The number of nitrogens with zero attached hydrogens (tertiary/aromatic N) is 4. The Morgan fingerprint density at radius 1 is 1.13 bits per heavy atom. The standard InChI is InChI=1S/C24H33N5O.HI/c1-25-24(27-16-21-9-11-26-23(15-21)28-12-5-6-13-28)29-14-10-22(17-29)19-30-18-20-7-3-2-4-8-20;/h2-4,7-9,11,15,22H,5-6,10,12-14,16-19H2,1H3,(H,25,27);1H. The van der Waals surface area contributed by atoms with Crippen LogP contribution in [0.5, 0.6) is 0 Å². The Morgan fingerprint density at radius 3 is 2.71 bits per heavy atom. The molecule has 2 aromatic rings. The molecule has 0 saturated carbocycles. The fourth-order valence-corrected chi connectivity index (χ4v) is 4.28. The molecule has 0 radical (unpaired) electrons. The van der Waals surface area contributed by atoms with Crippen LogP contribution < -0.4 is 10.2 Å². The van der Waals surface area contributed by atoms with Crippen molar-refractivity contribution in [1.82, 2.24) is 15.2 Å². The van der Waals surface area contributed by atoms with E-state index in [-0.39, 0.29) is 24.0 Å².